The largest absolute Gasteiger partial charge is 0.381 e. The molecule has 2 fully saturated rings. The van der Waals surface area contributed by atoms with Crippen LogP contribution in [-0.4, -0.2) is 49.8 Å². The molecule has 17 heavy (non-hydrogen) atoms. The molecule has 0 aromatic rings. The molecule has 0 radical (unpaired) electrons. The van der Waals surface area contributed by atoms with E-state index in [0.29, 0.717) is 18.2 Å². The molecule has 3 unspecified atom stereocenters. The number of ether oxygens (including phenoxy) is 1. The second kappa shape index (κ2) is 6.72. The topological polar surface area (TPSA) is 24.5 Å². The number of rotatable bonds is 5. The quantitative estimate of drug-likeness (QED) is 0.795. The predicted octanol–water partition coefficient (Wildman–Crippen LogP) is 2.02. The molecule has 2 aliphatic rings. The van der Waals surface area contributed by atoms with Gasteiger partial charge >= 0.3 is 0 Å². The molecule has 0 amide bonds. The molecule has 0 aromatic heterocycles. The first-order valence-electron chi connectivity index (χ1n) is 7.30. The summed E-state index contributed by atoms with van der Waals surface area (Å²) in [6.07, 6.45) is 8.35. The summed E-state index contributed by atoms with van der Waals surface area (Å²) >= 11 is 0. The second-order valence-electron chi connectivity index (χ2n) is 5.72. The summed E-state index contributed by atoms with van der Waals surface area (Å²) in [7, 11) is 1.85. The standard InChI is InChI=1S/C14H28N2O/c1-12(16-8-3-4-9-16)11-15-13-6-5-7-14(10-13)17-2/h12-15H,3-11H2,1-2H3. The lowest BCUT2D eigenvalue weighted by Gasteiger charge is -2.31. The molecule has 1 saturated carbocycles. The van der Waals surface area contributed by atoms with E-state index in [1.807, 2.05) is 7.11 Å². The Labute approximate surface area is 106 Å². The van der Waals surface area contributed by atoms with Crippen LogP contribution in [0.1, 0.15) is 45.4 Å². The van der Waals surface area contributed by atoms with Crippen molar-refractivity contribution in [1.82, 2.24) is 10.2 Å². The maximum absolute atomic E-state index is 5.48. The van der Waals surface area contributed by atoms with Gasteiger partial charge in [0.15, 0.2) is 0 Å². The molecule has 1 heterocycles. The van der Waals surface area contributed by atoms with Crippen LogP contribution in [0.25, 0.3) is 0 Å². The van der Waals surface area contributed by atoms with Gasteiger partial charge in [0, 0.05) is 25.7 Å². The van der Waals surface area contributed by atoms with Gasteiger partial charge in [0.05, 0.1) is 6.10 Å². The SMILES string of the molecule is COC1CCCC(NCC(C)N2CCCC2)C1. The van der Waals surface area contributed by atoms with Gasteiger partial charge in [-0.15, -0.1) is 0 Å². The van der Waals surface area contributed by atoms with Crippen molar-refractivity contribution in [3.63, 3.8) is 0 Å². The van der Waals surface area contributed by atoms with Crippen molar-refractivity contribution in [3.05, 3.63) is 0 Å². The lowest BCUT2D eigenvalue weighted by atomic mass is 9.93. The lowest BCUT2D eigenvalue weighted by Crippen LogP contribution is -2.44. The third-order valence-electron chi connectivity index (χ3n) is 4.43. The number of nitrogens with zero attached hydrogens (tertiary/aromatic N) is 1. The van der Waals surface area contributed by atoms with E-state index in [9.17, 15) is 0 Å². The summed E-state index contributed by atoms with van der Waals surface area (Å²) in [6.45, 7) is 6.10. The molecule has 1 aliphatic carbocycles. The van der Waals surface area contributed by atoms with Crippen LogP contribution < -0.4 is 5.32 Å². The Morgan fingerprint density at radius 3 is 2.71 bits per heavy atom. The molecule has 0 aromatic carbocycles. The first-order chi connectivity index (χ1) is 8.29. The Balaban J connectivity index is 1.66. The van der Waals surface area contributed by atoms with Gasteiger partial charge < -0.3 is 10.1 Å². The average molecular weight is 240 g/mol. The Morgan fingerprint density at radius 2 is 2.00 bits per heavy atom. The molecule has 2 rings (SSSR count). The number of nitrogens with one attached hydrogen (secondary N) is 1. The van der Waals surface area contributed by atoms with Crippen molar-refractivity contribution in [2.75, 3.05) is 26.7 Å². The fraction of sp³-hybridized carbons (Fsp3) is 1.00. The molecule has 100 valence electrons. The van der Waals surface area contributed by atoms with E-state index in [0.717, 1.165) is 6.54 Å². The molecular formula is C14H28N2O. The molecule has 1 saturated heterocycles. The average Bonchev–Trinajstić information content (AvgIpc) is 2.90. The zero-order valence-electron chi connectivity index (χ0n) is 11.5. The van der Waals surface area contributed by atoms with E-state index in [2.05, 4.69) is 17.1 Å². The van der Waals surface area contributed by atoms with Crippen molar-refractivity contribution in [3.8, 4) is 0 Å². The molecule has 3 atom stereocenters. The maximum Gasteiger partial charge on any atom is 0.0586 e. The number of hydrogen-bond acceptors (Lipinski definition) is 3. The predicted molar refractivity (Wildman–Crippen MR) is 71.3 cm³/mol. The summed E-state index contributed by atoms with van der Waals surface area (Å²) in [5.41, 5.74) is 0. The van der Waals surface area contributed by atoms with Gasteiger partial charge in [0.2, 0.25) is 0 Å². The first kappa shape index (κ1) is 13.3. The van der Waals surface area contributed by atoms with E-state index in [4.69, 9.17) is 4.74 Å². The highest BCUT2D eigenvalue weighted by atomic mass is 16.5. The van der Waals surface area contributed by atoms with Crippen LogP contribution in [0, 0.1) is 0 Å². The Bertz CT molecular complexity index is 216. The highest BCUT2D eigenvalue weighted by Crippen LogP contribution is 2.21. The van der Waals surface area contributed by atoms with Gasteiger partial charge in [0.1, 0.15) is 0 Å². The summed E-state index contributed by atoms with van der Waals surface area (Å²) in [4.78, 5) is 2.61. The third kappa shape index (κ3) is 3.94. The van der Waals surface area contributed by atoms with Gasteiger partial charge in [-0.05, 0) is 58.5 Å². The maximum atomic E-state index is 5.48. The van der Waals surface area contributed by atoms with Crippen LogP contribution in [-0.2, 0) is 4.74 Å². The van der Waals surface area contributed by atoms with Crippen molar-refractivity contribution < 1.29 is 4.74 Å². The molecule has 3 nitrogen and oxygen atoms in total. The first-order valence-corrected chi connectivity index (χ1v) is 7.30. The lowest BCUT2D eigenvalue weighted by molar-refractivity contribution is 0.0577. The van der Waals surface area contributed by atoms with E-state index in [-0.39, 0.29) is 0 Å². The van der Waals surface area contributed by atoms with Gasteiger partial charge in [-0.1, -0.05) is 0 Å². The van der Waals surface area contributed by atoms with Crippen LogP contribution in [0.4, 0.5) is 0 Å². The van der Waals surface area contributed by atoms with Crippen LogP contribution in [0.15, 0.2) is 0 Å². The van der Waals surface area contributed by atoms with Gasteiger partial charge in [-0.2, -0.15) is 0 Å². The van der Waals surface area contributed by atoms with Crippen LogP contribution in [0.2, 0.25) is 0 Å². The summed E-state index contributed by atoms with van der Waals surface area (Å²) < 4.78 is 5.48. The third-order valence-corrected chi connectivity index (χ3v) is 4.43. The number of likely N-dealkylation sites (tertiary alicyclic amines) is 1. The highest BCUT2D eigenvalue weighted by molar-refractivity contribution is 4.81. The molecule has 3 heteroatoms. The van der Waals surface area contributed by atoms with E-state index < -0.39 is 0 Å². The summed E-state index contributed by atoms with van der Waals surface area (Å²) in [5, 5.41) is 3.74. The zero-order chi connectivity index (χ0) is 12.1. The van der Waals surface area contributed by atoms with Crippen LogP contribution in [0.3, 0.4) is 0 Å². The highest BCUT2D eigenvalue weighted by Gasteiger charge is 2.23. The molecular weight excluding hydrogens is 212 g/mol. The van der Waals surface area contributed by atoms with E-state index >= 15 is 0 Å². The molecule has 1 N–H and O–H groups in total. The normalized spacial score (nSPS) is 32.8. The minimum Gasteiger partial charge on any atom is -0.381 e. The van der Waals surface area contributed by atoms with Gasteiger partial charge in [-0.25, -0.2) is 0 Å². The van der Waals surface area contributed by atoms with Gasteiger partial charge in [0.25, 0.3) is 0 Å². The van der Waals surface area contributed by atoms with Crippen molar-refractivity contribution >= 4 is 0 Å². The Kier molecular flexibility index (Phi) is 5.26. The number of hydrogen-bond donors (Lipinski definition) is 1. The minimum absolute atomic E-state index is 0.489. The van der Waals surface area contributed by atoms with Crippen LogP contribution in [0.5, 0.6) is 0 Å². The van der Waals surface area contributed by atoms with Gasteiger partial charge in [-0.3, -0.25) is 4.90 Å². The van der Waals surface area contributed by atoms with Crippen molar-refractivity contribution in [2.45, 2.75) is 63.6 Å². The van der Waals surface area contributed by atoms with E-state index in [1.165, 1.54) is 51.6 Å². The van der Waals surface area contributed by atoms with E-state index in [1.54, 1.807) is 0 Å². The van der Waals surface area contributed by atoms with Crippen LogP contribution >= 0.6 is 0 Å². The molecule has 0 spiro atoms. The fourth-order valence-corrected chi connectivity index (χ4v) is 3.19. The Morgan fingerprint density at radius 1 is 1.24 bits per heavy atom. The zero-order valence-corrected chi connectivity index (χ0v) is 11.5. The number of methoxy groups -OCH3 is 1. The smallest absolute Gasteiger partial charge is 0.0586 e. The summed E-state index contributed by atoms with van der Waals surface area (Å²) in [6, 6.07) is 1.37. The summed E-state index contributed by atoms with van der Waals surface area (Å²) in [5.74, 6) is 0. The molecule has 0 bridgehead atoms. The monoisotopic (exact) mass is 240 g/mol. The fourth-order valence-electron chi connectivity index (χ4n) is 3.19. The Hall–Kier alpha value is -0.120. The second-order valence-corrected chi connectivity index (χ2v) is 5.72. The molecule has 1 aliphatic heterocycles. The van der Waals surface area contributed by atoms with Crippen molar-refractivity contribution in [1.29, 1.82) is 0 Å². The minimum atomic E-state index is 0.489. The van der Waals surface area contributed by atoms with Crippen molar-refractivity contribution in [2.24, 2.45) is 0 Å².